The molecule has 0 N–H and O–H groups in total. The van der Waals surface area contributed by atoms with Crippen molar-refractivity contribution >= 4 is 11.6 Å². The maximum atomic E-state index is 6.00. The average Bonchev–Trinajstić information content (AvgIpc) is 3.12. The Labute approximate surface area is 106 Å². The Morgan fingerprint density at radius 3 is 2.47 bits per heavy atom. The van der Waals surface area contributed by atoms with E-state index in [1.807, 2.05) is 13.8 Å². The second kappa shape index (κ2) is 5.76. The highest BCUT2D eigenvalue weighted by atomic mass is 35.5. The van der Waals surface area contributed by atoms with Crippen molar-refractivity contribution < 1.29 is 9.47 Å². The zero-order valence-electron chi connectivity index (χ0n) is 10.1. The molecule has 0 atom stereocenters. The van der Waals surface area contributed by atoms with Crippen molar-refractivity contribution in [2.75, 3.05) is 13.2 Å². The molecule has 0 radical (unpaired) electrons. The van der Waals surface area contributed by atoms with E-state index in [-0.39, 0.29) is 0 Å². The lowest BCUT2D eigenvalue weighted by Crippen LogP contribution is -2.12. The average molecular weight is 257 g/mol. The molecule has 0 saturated heterocycles. The molecule has 5 heteroatoms. The van der Waals surface area contributed by atoms with Gasteiger partial charge < -0.3 is 9.47 Å². The van der Waals surface area contributed by atoms with Crippen LogP contribution in [0.4, 0.5) is 0 Å². The highest BCUT2D eigenvalue weighted by Crippen LogP contribution is 2.38. The summed E-state index contributed by atoms with van der Waals surface area (Å²) in [6.07, 6.45) is 1.85. The smallest absolute Gasteiger partial charge is 0.201 e. The second-order valence-electron chi connectivity index (χ2n) is 3.99. The molecule has 0 aliphatic heterocycles. The first-order chi connectivity index (χ1) is 8.24. The molecule has 2 rings (SSSR count). The lowest BCUT2D eigenvalue weighted by molar-refractivity contribution is -0.142. The molecule has 1 aliphatic carbocycles. The van der Waals surface area contributed by atoms with Crippen molar-refractivity contribution in [3.63, 3.8) is 0 Å². The standard InChI is InChI=1S/C12H17ClN2O2/c1-3-16-12(17-4-2)9-7-10(13)15-11(14-9)8-5-6-8/h7-8,12H,3-6H2,1-2H3. The molecule has 1 fully saturated rings. The molecule has 1 aromatic rings. The molecular formula is C12H17ClN2O2. The maximum Gasteiger partial charge on any atom is 0.201 e. The summed E-state index contributed by atoms with van der Waals surface area (Å²) >= 11 is 6.00. The van der Waals surface area contributed by atoms with Gasteiger partial charge in [-0.15, -0.1) is 0 Å². The number of aromatic nitrogens is 2. The van der Waals surface area contributed by atoms with E-state index in [1.54, 1.807) is 6.07 Å². The first kappa shape index (κ1) is 12.7. The molecule has 0 spiro atoms. The van der Waals surface area contributed by atoms with Gasteiger partial charge in [0.2, 0.25) is 6.29 Å². The van der Waals surface area contributed by atoms with Gasteiger partial charge in [-0.05, 0) is 26.7 Å². The Bertz CT molecular complexity index is 377. The van der Waals surface area contributed by atoms with Crippen LogP contribution in [-0.4, -0.2) is 23.2 Å². The molecule has 1 aliphatic rings. The van der Waals surface area contributed by atoms with E-state index < -0.39 is 6.29 Å². The molecule has 4 nitrogen and oxygen atoms in total. The van der Waals surface area contributed by atoms with Gasteiger partial charge in [-0.2, -0.15) is 0 Å². The molecule has 0 unspecified atom stereocenters. The molecule has 1 heterocycles. The van der Waals surface area contributed by atoms with Crippen molar-refractivity contribution in [3.8, 4) is 0 Å². The first-order valence-corrected chi connectivity index (χ1v) is 6.40. The Morgan fingerprint density at radius 2 is 1.94 bits per heavy atom. The lowest BCUT2D eigenvalue weighted by Gasteiger charge is -2.16. The number of hydrogen-bond donors (Lipinski definition) is 0. The molecule has 0 bridgehead atoms. The Hall–Kier alpha value is -0.710. The van der Waals surface area contributed by atoms with E-state index in [2.05, 4.69) is 9.97 Å². The fourth-order valence-corrected chi connectivity index (χ4v) is 1.82. The van der Waals surface area contributed by atoms with Crippen LogP contribution in [0.1, 0.15) is 50.4 Å². The third kappa shape index (κ3) is 3.37. The quantitative estimate of drug-likeness (QED) is 0.580. The zero-order valence-corrected chi connectivity index (χ0v) is 10.9. The van der Waals surface area contributed by atoms with Gasteiger partial charge in [0.15, 0.2) is 0 Å². The van der Waals surface area contributed by atoms with Crippen molar-refractivity contribution in [2.45, 2.75) is 38.9 Å². The Morgan fingerprint density at radius 1 is 1.29 bits per heavy atom. The summed E-state index contributed by atoms with van der Waals surface area (Å²) in [5.41, 5.74) is 0.718. The normalized spacial score (nSPS) is 15.5. The van der Waals surface area contributed by atoms with Gasteiger partial charge in [0, 0.05) is 25.2 Å². The summed E-state index contributed by atoms with van der Waals surface area (Å²) in [7, 11) is 0. The topological polar surface area (TPSA) is 44.2 Å². The van der Waals surface area contributed by atoms with Crippen LogP contribution < -0.4 is 0 Å². The van der Waals surface area contributed by atoms with Gasteiger partial charge in [-0.25, -0.2) is 9.97 Å². The number of halogens is 1. The maximum absolute atomic E-state index is 6.00. The van der Waals surface area contributed by atoms with Crippen LogP contribution in [0.2, 0.25) is 5.15 Å². The minimum atomic E-state index is -0.442. The SMILES string of the molecule is CCOC(OCC)c1cc(Cl)nc(C2CC2)n1. The largest absolute Gasteiger partial charge is 0.347 e. The lowest BCUT2D eigenvalue weighted by atomic mass is 10.3. The third-order valence-electron chi connectivity index (χ3n) is 2.55. The van der Waals surface area contributed by atoms with Gasteiger partial charge in [0.05, 0.1) is 0 Å². The van der Waals surface area contributed by atoms with Crippen molar-refractivity contribution in [1.82, 2.24) is 9.97 Å². The van der Waals surface area contributed by atoms with E-state index in [0.717, 1.165) is 24.4 Å². The van der Waals surface area contributed by atoms with Crippen molar-refractivity contribution in [1.29, 1.82) is 0 Å². The van der Waals surface area contributed by atoms with Crippen LogP contribution in [0.15, 0.2) is 6.07 Å². The number of nitrogens with zero attached hydrogens (tertiary/aromatic N) is 2. The van der Waals surface area contributed by atoms with Crippen LogP contribution >= 0.6 is 11.6 Å². The van der Waals surface area contributed by atoms with Crippen molar-refractivity contribution in [2.24, 2.45) is 0 Å². The van der Waals surface area contributed by atoms with Crippen LogP contribution in [-0.2, 0) is 9.47 Å². The Kier molecular flexibility index (Phi) is 4.31. The van der Waals surface area contributed by atoms with E-state index in [4.69, 9.17) is 21.1 Å². The van der Waals surface area contributed by atoms with Crippen LogP contribution in [0, 0.1) is 0 Å². The summed E-state index contributed by atoms with van der Waals surface area (Å²) in [4.78, 5) is 8.73. The van der Waals surface area contributed by atoms with Gasteiger partial charge in [-0.3, -0.25) is 0 Å². The second-order valence-corrected chi connectivity index (χ2v) is 4.38. The molecule has 0 amide bonds. The molecule has 1 saturated carbocycles. The summed E-state index contributed by atoms with van der Waals surface area (Å²) < 4.78 is 11.0. The first-order valence-electron chi connectivity index (χ1n) is 6.02. The fraction of sp³-hybridized carbons (Fsp3) is 0.667. The van der Waals surface area contributed by atoms with Gasteiger partial charge >= 0.3 is 0 Å². The zero-order chi connectivity index (χ0) is 12.3. The van der Waals surface area contributed by atoms with E-state index in [0.29, 0.717) is 24.3 Å². The summed E-state index contributed by atoms with van der Waals surface area (Å²) in [6, 6.07) is 1.71. The van der Waals surface area contributed by atoms with E-state index in [1.165, 1.54) is 0 Å². The van der Waals surface area contributed by atoms with Gasteiger partial charge in [0.25, 0.3) is 0 Å². The highest BCUT2D eigenvalue weighted by Gasteiger charge is 2.28. The number of hydrogen-bond acceptors (Lipinski definition) is 4. The molecular weight excluding hydrogens is 240 g/mol. The Balaban J connectivity index is 2.21. The van der Waals surface area contributed by atoms with Crippen LogP contribution in [0.25, 0.3) is 0 Å². The fourth-order valence-electron chi connectivity index (χ4n) is 1.62. The monoisotopic (exact) mass is 256 g/mol. The highest BCUT2D eigenvalue weighted by molar-refractivity contribution is 6.29. The predicted octanol–water partition coefficient (Wildman–Crippen LogP) is 3.08. The van der Waals surface area contributed by atoms with Crippen LogP contribution in [0.3, 0.4) is 0 Å². The third-order valence-corrected chi connectivity index (χ3v) is 2.75. The van der Waals surface area contributed by atoms with Crippen molar-refractivity contribution in [3.05, 3.63) is 22.7 Å². The van der Waals surface area contributed by atoms with E-state index >= 15 is 0 Å². The molecule has 1 aromatic heterocycles. The molecule has 17 heavy (non-hydrogen) atoms. The summed E-state index contributed by atoms with van der Waals surface area (Å²) in [6.45, 7) is 5.00. The molecule has 94 valence electrons. The predicted molar refractivity (Wildman–Crippen MR) is 65.0 cm³/mol. The molecule has 0 aromatic carbocycles. The van der Waals surface area contributed by atoms with E-state index in [9.17, 15) is 0 Å². The minimum Gasteiger partial charge on any atom is -0.347 e. The summed E-state index contributed by atoms with van der Waals surface area (Å²) in [5.74, 6) is 1.29. The number of ether oxygens (including phenoxy) is 2. The van der Waals surface area contributed by atoms with Gasteiger partial charge in [-0.1, -0.05) is 11.6 Å². The number of rotatable bonds is 6. The van der Waals surface area contributed by atoms with Crippen LogP contribution in [0.5, 0.6) is 0 Å². The van der Waals surface area contributed by atoms with Gasteiger partial charge in [0.1, 0.15) is 16.7 Å². The minimum absolute atomic E-state index is 0.442. The summed E-state index contributed by atoms with van der Waals surface area (Å²) in [5, 5.41) is 0.460.